The zero-order valence-electron chi connectivity index (χ0n) is 6.84. The molecular formula is C9H10BrO2. The summed E-state index contributed by atoms with van der Waals surface area (Å²) in [5.74, 6) is 0.686. The zero-order valence-corrected chi connectivity index (χ0v) is 8.43. The van der Waals surface area contributed by atoms with E-state index < -0.39 is 0 Å². The Labute approximate surface area is 80.6 Å². The third-order valence-corrected chi connectivity index (χ3v) is 1.89. The van der Waals surface area contributed by atoms with Gasteiger partial charge in [-0.15, -0.1) is 0 Å². The first-order chi connectivity index (χ1) is 5.84. The predicted octanol–water partition coefficient (Wildman–Crippen LogP) is 2.62. The normalized spacial score (nSPS) is 9.83. The van der Waals surface area contributed by atoms with E-state index >= 15 is 0 Å². The van der Waals surface area contributed by atoms with Crippen LogP contribution in [-0.2, 0) is 4.74 Å². The summed E-state index contributed by atoms with van der Waals surface area (Å²) in [7, 11) is 0. The fourth-order valence-electron chi connectivity index (χ4n) is 0.696. The smallest absolute Gasteiger partial charge is 0.189 e. The molecule has 0 heterocycles. The minimum absolute atomic E-state index is 0.273. The molecule has 0 unspecified atom stereocenters. The fraction of sp³-hybridized carbons (Fsp3) is 0.333. The van der Waals surface area contributed by atoms with Gasteiger partial charge in [0.15, 0.2) is 6.79 Å². The van der Waals surface area contributed by atoms with Crippen LogP contribution in [0.3, 0.4) is 0 Å². The summed E-state index contributed by atoms with van der Waals surface area (Å²) in [5.41, 5.74) is 0. The molecule has 0 atom stereocenters. The quantitative estimate of drug-likeness (QED) is 0.584. The standard InChI is InChI=1S/C9H10BrO2/c1-2-11-7-12-9-6-4-3-5-8(9)10/h3-5H,2,7H2,1H3. The maximum atomic E-state index is 5.25. The van der Waals surface area contributed by atoms with Gasteiger partial charge in [-0.05, 0) is 28.9 Å². The summed E-state index contributed by atoms with van der Waals surface area (Å²) in [5, 5.41) is 0. The lowest BCUT2D eigenvalue weighted by Crippen LogP contribution is -2.02. The molecule has 3 heteroatoms. The van der Waals surface area contributed by atoms with Crippen molar-refractivity contribution in [1.29, 1.82) is 0 Å². The van der Waals surface area contributed by atoms with Crippen molar-refractivity contribution in [1.82, 2.24) is 0 Å². The molecule has 0 spiro atoms. The molecule has 0 amide bonds. The number of hydrogen-bond donors (Lipinski definition) is 0. The van der Waals surface area contributed by atoms with E-state index in [-0.39, 0.29) is 6.79 Å². The topological polar surface area (TPSA) is 18.5 Å². The van der Waals surface area contributed by atoms with Gasteiger partial charge in [0.25, 0.3) is 0 Å². The summed E-state index contributed by atoms with van der Waals surface area (Å²) in [4.78, 5) is 0. The Balaban J connectivity index is 2.46. The van der Waals surface area contributed by atoms with E-state index in [9.17, 15) is 0 Å². The lowest BCUT2D eigenvalue weighted by Gasteiger charge is -2.06. The Hall–Kier alpha value is -0.540. The van der Waals surface area contributed by atoms with Crippen LogP contribution >= 0.6 is 15.9 Å². The lowest BCUT2D eigenvalue weighted by molar-refractivity contribution is 0.0218. The van der Waals surface area contributed by atoms with E-state index in [1.54, 1.807) is 6.07 Å². The highest BCUT2D eigenvalue weighted by Crippen LogP contribution is 2.22. The van der Waals surface area contributed by atoms with Crippen LogP contribution in [0.2, 0.25) is 0 Å². The van der Waals surface area contributed by atoms with Gasteiger partial charge in [-0.25, -0.2) is 0 Å². The second kappa shape index (κ2) is 5.17. The molecule has 65 valence electrons. The van der Waals surface area contributed by atoms with E-state index in [1.807, 2.05) is 19.1 Å². The molecule has 0 saturated carbocycles. The van der Waals surface area contributed by atoms with Gasteiger partial charge in [0.1, 0.15) is 5.75 Å². The van der Waals surface area contributed by atoms with Crippen LogP contribution in [0.15, 0.2) is 22.7 Å². The summed E-state index contributed by atoms with van der Waals surface area (Å²) in [6.45, 7) is 2.85. The Morgan fingerprint density at radius 2 is 2.42 bits per heavy atom. The van der Waals surface area contributed by atoms with Crippen molar-refractivity contribution in [3.63, 3.8) is 0 Å². The molecule has 0 aliphatic rings. The molecule has 12 heavy (non-hydrogen) atoms. The minimum Gasteiger partial charge on any atom is -0.466 e. The van der Waals surface area contributed by atoms with E-state index in [0.717, 1.165) is 4.47 Å². The first-order valence-corrected chi connectivity index (χ1v) is 4.50. The summed E-state index contributed by atoms with van der Waals surface area (Å²) in [6, 6.07) is 8.53. The van der Waals surface area contributed by atoms with E-state index in [4.69, 9.17) is 9.47 Å². The Morgan fingerprint density at radius 1 is 1.58 bits per heavy atom. The van der Waals surface area contributed by atoms with Gasteiger partial charge < -0.3 is 9.47 Å². The molecule has 1 aromatic carbocycles. The summed E-state index contributed by atoms with van der Waals surface area (Å²) >= 11 is 3.34. The van der Waals surface area contributed by atoms with Crippen LogP contribution in [0.4, 0.5) is 0 Å². The second-order valence-corrected chi connectivity index (χ2v) is 2.96. The Morgan fingerprint density at radius 3 is 3.08 bits per heavy atom. The molecule has 0 aliphatic carbocycles. The lowest BCUT2D eigenvalue weighted by atomic mass is 10.3. The minimum atomic E-state index is 0.273. The highest BCUT2D eigenvalue weighted by atomic mass is 79.9. The zero-order chi connectivity index (χ0) is 8.81. The molecule has 1 radical (unpaired) electrons. The first kappa shape index (κ1) is 9.55. The predicted molar refractivity (Wildman–Crippen MR) is 50.1 cm³/mol. The van der Waals surface area contributed by atoms with Gasteiger partial charge in [0.2, 0.25) is 0 Å². The SMILES string of the molecule is CCOCOc1[c]cccc1Br. The number of halogens is 1. The van der Waals surface area contributed by atoms with Crippen molar-refractivity contribution in [2.45, 2.75) is 6.92 Å². The molecule has 0 aromatic heterocycles. The third-order valence-electron chi connectivity index (χ3n) is 1.26. The van der Waals surface area contributed by atoms with E-state index in [1.165, 1.54) is 0 Å². The third kappa shape index (κ3) is 2.83. The monoisotopic (exact) mass is 229 g/mol. The van der Waals surface area contributed by atoms with Crippen molar-refractivity contribution >= 4 is 15.9 Å². The molecule has 0 saturated heterocycles. The molecule has 0 fully saturated rings. The van der Waals surface area contributed by atoms with Crippen LogP contribution in [0.1, 0.15) is 6.92 Å². The van der Waals surface area contributed by atoms with E-state index in [2.05, 4.69) is 22.0 Å². The maximum absolute atomic E-state index is 5.25. The van der Waals surface area contributed by atoms with Crippen LogP contribution in [-0.4, -0.2) is 13.4 Å². The van der Waals surface area contributed by atoms with Crippen LogP contribution in [0.25, 0.3) is 0 Å². The van der Waals surface area contributed by atoms with Crippen molar-refractivity contribution in [3.8, 4) is 5.75 Å². The number of rotatable bonds is 4. The van der Waals surface area contributed by atoms with Crippen molar-refractivity contribution in [2.75, 3.05) is 13.4 Å². The highest BCUT2D eigenvalue weighted by Gasteiger charge is 1.97. The molecule has 0 aliphatic heterocycles. The van der Waals surface area contributed by atoms with Crippen molar-refractivity contribution < 1.29 is 9.47 Å². The number of benzene rings is 1. The summed E-state index contributed by atoms with van der Waals surface area (Å²) < 4.78 is 11.2. The Kier molecular flexibility index (Phi) is 4.11. The molecule has 1 aromatic rings. The van der Waals surface area contributed by atoms with Crippen LogP contribution < -0.4 is 4.74 Å². The Bertz CT molecular complexity index is 238. The highest BCUT2D eigenvalue weighted by molar-refractivity contribution is 9.10. The van der Waals surface area contributed by atoms with Crippen LogP contribution in [0.5, 0.6) is 5.75 Å². The average molecular weight is 230 g/mol. The number of ether oxygens (including phenoxy) is 2. The molecule has 1 rings (SSSR count). The number of hydrogen-bond acceptors (Lipinski definition) is 2. The van der Waals surface area contributed by atoms with Gasteiger partial charge in [-0.2, -0.15) is 0 Å². The van der Waals surface area contributed by atoms with Gasteiger partial charge >= 0.3 is 0 Å². The van der Waals surface area contributed by atoms with Crippen molar-refractivity contribution in [2.24, 2.45) is 0 Å². The first-order valence-electron chi connectivity index (χ1n) is 3.71. The maximum Gasteiger partial charge on any atom is 0.189 e. The molecular weight excluding hydrogens is 220 g/mol. The average Bonchev–Trinajstić information content (AvgIpc) is 2.09. The fourth-order valence-corrected chi connectivity index (χ4v) is 1.08. The summed E-state index contributed by atoms with van der Waals surface area (Å²) in [6.07, 6.45) is 0. The molecule has 0 N–H and O–H groups in total. The van der Waals surface area contributed by atoms with Crippen molar-refractivity contribution in [3.05, 3.63) is 28.7 Å². The second-order valence-electron chi connectivity index (χ2n) is 2.10. The van der Waals surface area contributed by atoms with Gasteiger partial charge in [0, 0.05) is 12.7 Å². The van der Waals surface area contributed by atoms with Gasteiger partial charge in [-0.1, -0.05) is 12.1 Å². The van der Waals surface area contributed by atoms with Gasteiger partial charge in [0.05, 0.1) is 4.47 Å². The van der Waals surface area contributed by atoms with Crippen LogP contribution in [0, 0.1) is 6.07 Å². The molecule has 0 bridgehead atoms. The number of para-hydroxylation sites is 1. The molecule has 2 nitrogen and oxygen atoms in total. The van der Waals surface area contributed by atoms with E-state index in [0.29, 0.717) is 12.4 Å². The largest absolute Gasteiger partial charge is 0.466 e. The van der Waals surface area contributed by atoms with Gasteiger partial charge in [-0.3, -0.25) is 0 Å².